The summed E-state index contributed by atoms with van der Waals surface area (Å²) >= 11 is 0. The monoisotopic (exact) mass is 257 g/mol. The van der Waals surface area contributed by atoms with Crippen molar-refractivity contribution < 1.29 is 0 Å². The van der Waals surface area contributed by atoms with E-state index in [1.807, 2.05) is 12.1 Å². The second kappa shape index (κ2) is 5.24. The molecule has 0 unspecified atom stereocenters. The number of benzene rings is 1. The fraction of sp³-hybridized carbons (Fsp3) is 0.562. The number of nitrogens with two attached hydrogens (primary N) is 1. The molecule has 3 nitrogen and oxygen atoms in total. The lowest BCUT2D eigenvalue weighted by molar-refractivity contribution is 0.416. The molecule has 3 rings (SSSR count). The maximum absolute atomic E-state index is 5.89. The Morgan fingerprint density at radius 2 is 2.05 bits per heavy atom. The quantitative estimate of drug-likeness (QED) is 0.842. The minimum absolute atomic E-state index is 0.647. The van der Waals surface area contributed by atoms with Crippen molar-refractivity contribution in [3.05, 3.63) is 24.0 Å². The van der Waals surface area contributed by atoms with E-state index in [2.05, 4.69) is 17.6 Å². The number of imidazole rings is 1. The summed E-state index contributed by atoms with van der Waals surface area (Å²) in [4.78, 5) is 4.90. The summed E-state index contributed by atoms with van der Waals surface area (Å²) < 4.78 is 2.42. The molecule has 1 saturated carbocycles. The molecule has 2 aromatic rings. The minimum Gasteiger partial charge on any atom is -0.399 e. The van der Waals surface area contributed by atoms with Crippen molar-refractivity contribution in [3.63, 3.8) is 0 Å². The van der Waals surface area contributed by atoms with E-state index in [4.69, 9.17) is 10.7 Å². The molecule has 1 heterocycles. The van der Waals surface area contributed by atoms with Crippen LogP contribution in [0.3, 0.4) is 0 Å². The number of nitrogen functional groups attached to an aromatic ring is 1. The van der Waals surface area contributed by atoms with Gasteiger partial charge in [-0.2, -0.15) is 0 Å². The van der Waals surface area contributed by atoms with Crippen LogP contribution in [0.1, 0.15) is 57.2 Å². The van der Waals surface area contributed by atoms with Crippen molar-refractivity contribution in [2.45, 2.75) is 57.9 Å². The highest BCUT2D eigenvalue weighted by Crippen LogP contribution is 2.34. The molecular weight excluding hydrogens is 234 g/mol. The molecule has 1 aliphatic rings. The fourth-order valence-corrected chi connectivity index (χ4v) is 3.30. The van der Waals surface area contributed by atoms with Crippen LogP contribution >= 0.6 is 0 Å². The van der Waals surface area contributed by atoms with E-state index in [0.29, 0.717) is 5.92 Å². The largest absolute Gasteiger partial charge is 0.399 e. The lowest BCUT2D eigenvalue weighted by atomic mass is 9.88. The van der Waals surface area contributed by atoms with E-state index in [0.717, 1.165) is 24.2 Å². The van der Waals surface area contributed by atoms with Crippen LogP contribution in [0, 0.1) is 0 Å². The molecule has 1 fully saturated rings. The van der Waals surface area contributed by atoms with Gasteiger partial charge in [-0.1, -0.05) is 26.2 Å². The highest BCUT2D eigenvalue weighted by atomic mass is 15.1. The van der Waals surface area contributed by atoms with Gasteiger partial charge in [0.25, 0.3) is 0 Å². The zero-order chi connectivity index (χ0) is 13.2. The van der Waals surface area contributed by atoms with Crippen LogP contribution in [0.15, 0.2) is 18.2 Å². The first-order chi connectivity index (χ1) is 9.29. The summed E-state index contributed by atoms with van der Waals surface area (Å²) in [6.07, 6.45) is 7.82. The Hall–Kier alpha value is -1.51. The highest BCUT2D eigenvalue weighted by molar-refractivity contribution is 5.79. The van der Waals surface area contributed by atoms with Crippen LogP contribution in [0.2, 0.25) is 0 Å². The van der Waals surface area contributed by atoms with Crippen LogP contribution < -0.4 is 5.73 Å². The van der Waals surface area contributed by atoms with Crippen LogP contribution in [0.25, 0.3) is 11.0 Å². The van der Waals surface area contributed by atoms with E-state index < -0.39 is 0 Å². The average Bonchev–Trinajstić information content (AvgIpc) is 2.78. The molecule has 1 aromatic heterocycles. The zero-order valence-electron chi connectivity index (χ0n) is 11.7. The molecule has 0 saturated heterocycles. The SMILES string of the molecule is CCCn1c(C2CCCCC2)nc2cc(N)ccc21. The molecule has 2 N–H and O–H groups in total. The third-order valence-corrected chi connectivity index (χ3v) is 4.22. The van der Waals surface area contributed by atoms with Gasteiger partial charge in [0, 0.05) is 18.2 Å². The average molecular weight is 257 g/mol. The Bertz CT molecular complexity index is 565. The van der Waals surface area contributed by atoms with Crippen molar-refractivity contribution in [2.75, 3.05) is 5.73 Å². The molecular formula is C16H23N3. The lowest BCUT2D eigenvalue weighted by Gasteiger charge is -2.22. The standard InChI is InChI=1S/C16H23N3/c1-2-10-19-15-9-8-13(17)11-14(15)18-16(19)12-6-4-3-5-7-12/h8-9,11-12H,2-7,10,17H2,1H3. The van der Waals surface area contributed by atoms with E-state index >= 15 is 0 Å². The number of rotatable bonds is 3. The summed E-state index contributed by atoms with van der Waals surface area (Å²) in [6, 6.07) is 6.12. The molecule has 0 amide bonds. The number of aryl methyl sites for hydroxylation is 1. The molecule has 3 heteroatoms. The molecule has 102 valence electrons. The van der Waals surface area contributed by atoms with Crippen molar-refractivity contribution in [1.29, 1.82) is 0 Å². The third kappa shape index (κ3) is 2.34. The van der Waals surface area contributed by atoms with E-state index in [-0.39, 0.29) is 0 Å². The van der Waals surface area contributed by atoms with Crippen molar-refractivity contribution in [2.24, 2.45) is 0 Å². The predicted octanol–water partition coefficient (Wildman–Crippen LogP) is 4.08. The van der Waals surface area contributed by atoms with Gasteiger partial charge in [0.05, 0.1) is 11.0 Å². The molecule has 0 aliphatic heterocycles. The number of fused-ring (bicyclic) bond motifs is 1. The number of hydrogen-bond donors (Lipinski definition) is 1. The second-order valence-corrected chi connectivity index (χ2v) is 5.70. The Morgan fingerprint density at radius 3 is 2.79 bits per heavy atom. The van der Waals surface area contributed by atoms with Crippen molar-refractivity contribution in [3.8, 4) is 0 Å². The Labute approximate surface area is 114 Å². The Morgan fingerprint density at radius 1 is 1.26 bits per heavy atom. The van der Waals surface area contributed by atoms with Crippen molar-refractivity contribution >= 4 is 16.7 Å². The van der Waals surface area contributed by atoms with Gasteiger partial charge in [-0.3, -0.25) is 0 Å². The van der Waals surface area contributed by atoms with E-state index in [1.165, 1.54) is 43.4 Å². The molecule has 0 bridgehead atoms. The lowest BCUT2D eigenvalue weighted by Crippen LogP contribution is -2.12. The van der Waals surface area contributed by atoms with Gasteiger partial charge in [0.2, 0.25) is 0 Å². The topological polar surface area (TPSA) is 43.8 Å². The Kier molecular flexibility index (Phi) is 3.45. The van der Waals surface area contributed by atoms with Crippen molar-refractivity contribution in [1.82, 2.24) is 9.55 Å². The predicted molar refractivity (Wildman–Crippen MR) is 80.3 cm³/mol. The minimum atomic E-state index is 0.647. The van der Waals surface area contributed by atoms with Crippen LogP contribution in [0.5, 0.6) is 0 Å². The van der Waals surface area contributed by atoms with Gasteiger partial charge in [0.15, 0.2) is 0 Å². The maximum atomic E-state index is 5.89. The van der Waals surface area contributed by atoms with Gasteiger partial charge in [-0.15, -0.1) is 0 Å². The van der Waals surface area contributed by atoms with E-state index in [9.17, 15) is 0 Å². The number of nitrogens with zero attached hydrogens (tertiary/aromatic N) is 2. The smallest absolute Gasteiger partial charge is 0.112 e. The molecule has 0 spiro atoms. The van der Waals surface area contributed by atoms with Gasteiger partial charge in [-0.25, -0.2) is 4.98 Å². The normalized spacial score (nSPS) is 17.1. The summed E-state index contributed by atoms with van der Waals surface area (Å²) in [6.45, 7) is 3.29. The molecule has 0 atom stereocenters. The number of aromatic nitrogens is 2. The van der Waals surface area contributed by atoms with Gasteiger partial charge in [-0.05, 0) is 37.5 Å². The first-order valence-corrected chi connectivity index (χ1v) is 7.55. The van der Waals surface area contributed by atoms with Crippen LogP contribution in [-0.2, 0) is 6.54 Å². The van der Waals surface area contributed by atoms with Gasteiger partial charge >= 0.3 is 0 Å². The van der Waals surface area contributed by atoms with E-state index in [1.54, 1.807) is 0 Å². The number of anilines is 1. The summed E-state index contributed by atoms with van der Waals surface area (Å²) in [5, 5.41) is 0. The first-order valence-electron chi connectivity index (χ1n) is 7.55. The van der Waals surface area contributed by atoms with Gasteiger partial charge in [0.1, 0.15) is 5.82 Å². The van der Waals surface area contributed by atoms with Gasteiger partial charge < -0.3 is 10.3 Å². The summed E-state index contributed by atoms with van der Waals surface area (Å²) in [5.41, 5.74) is 9.01. The molecule has 1 aliphatic carbocycles. The maximum Gasteiger partial charge on any atom is 0.112 e. The first kappa shape index (κ1) is 12.5. The molecule has 0 radical (unpaired) electrons. The fourth-order valence-electron chi connectivity index (χ4n) is 3.30. The van der Waals surface area contributed by atoms with Crippen LogP contribution in [-0.4, -0.2) is 9.55 Å². The highest BCUT2D eigenvalue weighted by Gasteiger charge is 2.22. The molecule has 19 heavy (non-hydrogen) atoms. The summed E-state index contributed by atoms with van der Waals surface area (Å²) in [5.74, 6) is 1.94. The molecule has 1 aromatic carbocycles. The number of hydrogen-bond acceptors (Lipinski definition) is 2. The second-order valence-electron chi connectivity index (χ2n) is 5.70. The zero-order valence-corrected chi connectivity index (χ0v) is 11.7. The third-order valence-electron chi connectivity index (χ3n) is 4.22. The Balaban J connectivity index is 2.08. The summed E-state index contributed by atoms with van der Waals surface area (Å²) in [7, 11) is 0. The van der Waals surface area contributed by atoms with Crippen LogP contribution in [0.4, 0.5) is 5.69 Å².